The Labute approximate surface area is 138 Å². The fraction of sp³-hybridized carbons (Fsp3) is 0.125. The minimum absolute atomic E-state index is 0.115. The van der Waals surface area contributed by atoms with Crippen molar-refractivity contribution in [2.45, 2.75) is 6.54 Å². The molecule has 23 heavy (non-hydrogen) atoms. The summed E-state index contributed by atoms with van der Waals surface area (Å²) in [5.41, 5.74) is 2.14. The van der Waals surface area contributed by atoms with Gasteiger partial charge in [0.05, 0.1) is 11.3 Å². The molecule has 0 saturated heterocycles. The maximum absolute atomic E-state index is 12.8. The maximum atomic E-state index is 12.8. The average Bonchev–Trinajstić information content (AvgIpc) is 3.08. The first kappa shape index (κ1) is 15.2. The van der Waals surface area contributed by atoms with Crippen molar-refractivity contribution >= 4 is 17.5 Å². The molecule has 2 aromatic carbocycles. The van der Waals surface area contributed by atoms with Crippen molar-refractivity contribution in [2.24, 2.45) is 0 Å². The molecule has 7 heteroatoms. The van der Waals surface area contributed by atoms with Crippen molar-refractivity contribution in [3.63, 3.8) is 0 Å². The normalized spacial score (nSPS) is 10.5. The van der Waals surface area contributed by atoms with Gasteiger partial charge >= 0.3 is 0 Å². The number of aromatic nitrogens is 4. The number of carbonyl (C=O) groups excluding carboxylic acids is 1. The van der Waals surface area contributed by atoms with E-state index < -0.39 is 0 Å². The van der Waals surface area contributed by atoms with Gasteiger partial charge in [0.25, 0.3) is 5.91 Å². The van der Waals surface area contributed by atoms with Crippen LogP contribution >= 0.6 is 11.6 Å². The predicted molar refractivity (Wildman–Crippen MR) is 86.4 cm³/mol. The first-order valence-electron chi connectivity index (χ1n) is 6.97. The second kappa shape index (κ2) is 6.58. The van der Waals surface area contributed by atoms with E-state index in [1.165, 1.54) is 11.0 Å². The minimum atomic E-state index is -0.115. The Morgan fingerprint density at radius 1 is 1.22 bits per heavy atom. The van der Waals surface area contributed by atoms with Crippen LogP contribution in [-0.4, -0.2) is 38.1 Å². The molecule has 1 heterocycles. The summed E-state index contributed by atoms with van der Waals surface area (Å²) in [6.07, 6.45) is 1.46. The predicted octanol–water partition coefficient (Wildman–Crippen LogP) is 2.59. The third-order valence-electron chi connectivity index (χ3n) is 3.39. The Kier molecular flexibility index (Phi) is 4.34. The van der Waals surface area contributed by atoms with Gasteiger partial charge in [-0.15, -0.1) is 5.10 Å². The molecule has 0 bridgehead atoms. The van der Waals surface area contributed by atoms with E-state index in [1.807, 2.05) is 30.3 Å². The lowest BCUT2D eigenvalue weighted by molar-refractivity contribution is 0.0785. The summed E-state index contributed by atoms with van der Waals surface area (Å²) >= 11 is 5.99. The number of para-hydroxylation sites is 1. The fourth-order valence-electron chi connectivity index (χ4n) is 2.31. The summed E-state index contributed by atoms with van der Waals surface area (Å²) in [5.74, 6) is -0.115. The molecule has 6 nitrogen and oxygen atoms in total. The van der Waals surface area contributed by atoms with Crippen LogP contribution in [0, 0.1) is 0 Å². The number of rotatable bonds is 4. The third-order valence-corrected chi connectivity index (χ3v) is 3.62. The summed E-state index contributed by atoms with van der Waals surface area (Å²) in [4.78, 5) is 14.4. The van der Waals surface area contributed by atoms with E-state index in [9.17, 15) is 4.79 Å². The van der Waals surface area contributed by atoms with Crippen molar-refractivity contribution in [1.29, 1.82) is 0 Å². The van der Waals surface area contributed by atoms with Gasteiger partial charge in [-0.2, -0.15) is 4.68 Å². The Hall–Kier alpha value is -2.73. The molecule has 0 aliphatic carbocycles. The van der Waals surface area contributed by atoms with E-state index in [2.05, 4.69) is 15.5 Å². The van der Waals surface area contributed by atoms with Gasteiger partial charge in [0.1, 0.15) is 6.33 Å². The van der Waals surface area contributed by atoms with E-state index in [0.717, 1.165) is 5.56 Å². The molecule has 1 amide bonds. The summed E-state index contributed by atoms with van der Waals surface area (Å²) in [7, 11) is 1.75. The van der Waals surface area contributed by atoms with Crippen molar-refractivity contribution in [3.8, 4) is 5.69 Å². The molecule has 0 saturated carbocycles. The van der Waals surface area contributed by atoms with Crippen LogP contribution in [0.15, 0.2) is 54.9 Å². The maximum Gasteiger partial charge on any atom is 0.256 e. The van der Waals surface area contributed by atoms with Gasteiger partial charge in [0.2, 0.25) is 0 Å². The minimum Gasteiger partial charge on any atom is -0.337 e. The van der Waals surface area contributed by atoms with Gasteiger partial charge < -0.3 is 4.90 Å². The number of benzene rings is 2. The highest BCUT2D eigenvalue weighted by molar-refractivity contribution is 6.30. The standard InChI is InChI=1S/C16H14ClN5O/c1-21(10-12-5-4-6-13(17)9-12)16(23)14-7-2-3-8-15(14)22-11-18-19-20-22/h2-9,11H,10H2,1H3. The van der Waals surface area contributed by atoms with Gasteiger partial charge in [-0.05, 0) is 40.3 Å². The largest absolute Gasteiger partial charge is 0.337 e. The molecule has 0 unspecified atom stereocenters. The third kappa shape index (κ3) is 3.37. The highest BCUT2D eigenvalue weighted by atomic mass is 35.5. The fourth-order valence-corrected chi connectivity index (χ4v) is 2.53. The summed E-state index contributed by atoms with van der Waals surface area (Å²) in [6, 6.07) is 14.7. The zero-order valence-electron chi connectivity index (χ0n) is 12.4. The van der Waals surface area contributed by atoms with Crippen LogP contribution in [0.4, 0.5) is 0 Å². The van der Waals surface area contributed by atoms with Crippen LogP contribution in [0.3, 0.4) is 0 Å². The lowest BCUT2D eigenvalue weighted by Crippen LogP contribution is -2.27. The van der Waals surface area contributed by atoms with Crippen LogP contribution in [0.5, 0.6) is 0 Å². The first-order chi connectivity index (χ1) is 11.1. The van der Waals surface area contributed by atoms with Crippen LogP contribution < -0.4 is 0 Å². The number of tetrazole rings is 1. The lowest BCUT2D eigenvalue weighted by Gasteiger charge is -2.19. The summed E-state index contributed by atoms with van der Waals surface area (Å²) in [5, 5.41) is 11.7. The van der Waals surface area contributed by atoms with Gasteiger partial charge in [-0.3, -0.25) is 4.79 Å². The van der Waals surface area contributed by atoms with Gasteiger partial charge in [0.15, 0.2) is 0 Å². The Bertz CT molecular complexity index is 819. The smallest absolute Gasteiger partial charge is 0.256 e. The average molecular weight is 328 g/mol. The Morgan fingerprint density at radius 2 is 2.04 bits per heavy atom. The molecule has 0 N–H and O–H groups in total. The molecule has 0 fully saturated rings. The molecular weight excluding hydrogens is 314 g/mol. The molecule has 0 atom stereocenters. The van der Waals surface area contributed by atoms with E-state index in [-0.39, 0.29) is 5.91 Å². The first-order valence-corrected chi connectivity index (χ1v) is 7.35. The number of hydrogen-bond acceptors (Lipinski definition) is 4. The summed E-state index contributed by atoms with van der Waals surface area (Å²) in [6.45, 7) is 0.462. The van der Waals surface area contributed by atoms with Crippen LogP contribution in [0.2, 0.25) is 5.02 Å². The molecule has 3 rings (SSSR count). The van der Waals surface area contributed by atoms with Crippen LogP contribution in [0.1, 0.15) is 15.9 Å². The number of halogens is 1. The number of amides is 1. The van der Waals surface area contributed by atoms with Gasteiger partial charge in [0, 0.05) is 18.6 Å². The van der Waals surface area contributed by atoms with Crippen molar-refractivity contribution in [3.05, 3.63) is 71.0 Å². The topological polar surface area (TPSA) is 63.9 Å². The molecule has 0 spiro atoms. The van der Waals surface area contributed by atoms with Crippen LogP contribution in [-0.2, 0) is 6.54 Å². The van der Waals surface area contributed by atoms with Crippen molar-refractivity contribution < 1.29 is 4.79 Å². The van der Waals surface area contributed by atoms with E-state index in [0.29, 0.717) is 22.8 Å². The van der Waals surface area contributed by atoms with Gasteiger partial charge in [-0.25, -0.2) is 0 Å². The molecule has 0 aliphatic heterocycles. The molecule has 116 valence electrons. The van der Waals surface area contributed by atoms with Crippen molar-refractivity contribution in [1.82, 2.24) is 25.1 Å². The molecule has 0 radical (unpaired) electrons. The zero-order chi connectivity index (χ0) is 16.2. The quantitative estimate of drug-likeness (QED) is 0.739. The second-order valence-electron chi connectivity index (χ2n) is 5.06. The summed E-state index contributed by atoms with van der Waals surface area (Å²) < 4.78 is 1.47. The van der Waals surface area contributed by atoms with E-state index >= 15 is 0 Å². The Morgan fingerprint density at radius 3 is 2.78 bits per heavy atom. The van der Waals surface area contributed by atoms with E-state index in [4.69, 9.17) is 11.6 Å². The number of carbonyl (C=O) groups is 1. The molecule has 0 aliphatic rings. The molecule has 1 aromatic heterocycles. The van der Waals surface area contributed by atoms with E-state index in [1.54, 1.807) is 30.1 Å². The Balaban J connectivity index is 1.86. The number of nitrogens with zero attached hydrogens (tertiary/aromatic N) is 5. The molecular formula is C16H14ClN5O. The lowest BCUT2D eigenvalue weighted by atomic mass is 10.1. The highest BCUT2D eigenvalue weighted by Gasteiger charge is 2.17. The van der Waals surface area contributed by atoms with Crippen molar-refractivity contribution in [2.75, 3.05) is 7.05 Å². The van der Waals surface area contributed by atoms with Crippen LogP contribution in [0.25, 0.3) is 5.69 Å². The monoisotopic (exact) mass is 327 g/mol. The molecule has 3 aromatic rings. The number of hydrogen-bond donors (Lipinski definition) is 0. The second-order valence-corrected chi connectivity index (χ2v) is 5.50. The van der Waals surface area contributed by atoms with Gasteiger partial charge in [-0.1, -0.05) is 35.9 Å². The zero-order valence-corrected chi connectivity index (χ0v) is 13.2. The SMILES string of the molecule is CN(Cc1cccc(Cl)c1)C(=O)c1ccccc1-n1cnnn1. The highest BCUT2D eigenvalue weighted by Crippen LogP contribution is 2.17.